The summed E-state index contributed by atoms with van der Waals surface area (Å²) in [6.07, 6.45) is 1.70. The maximum atomic E-state index is 11.5. The molecule has 0 aliphatic rings. The fraction of sp³-hybridized carbons (Fsp3) is 0.0833. The molecule has 2 heteroatoms. The number of hydrogen-bond acceptors (Lipinski definition) is 2. The van der Waals surface area contributed by atoms with Crippen LogP contribution < -0.4 is 5.11 Å². The van der Waals surface area contributed by atoms with Crippen LogP contribution in [0.1, 0.15) is 5.56 Å². The molecule has 0 saturated carbocycles. The molecule has 0 atom stereocenters. The van der Waals surface area contributed by atoms with Crippen LogP contribution in [0.3, 0.4) is 0 Å². The van der Waals surface area contributed by atoms with E-state index in [1.807, 2.05) is 25.1 Å². The second kappa shape index (κ2) is 3.50. The molecule has 0 fully saturated rings. The molecule has 1 aromatic heterocycles. The number of benzene rings is 1. The zero-order valence-corrected chi connectivity index (χ0v) is 7.90. The van der Waals surface area contributed by atoms with Gasteiger partial charge in [-0.25, -0.2) is 0 Å². The van der Waals surface area contributed by atoms with Crippen LogP contribution in [-0.2, 0) is 0 Å². The van der Waals surface area contributed by atoms with Crippen molar-refractivity contribution < 1.29 is 5.11 Å². The maximum Gasteiger partial charge on any atom is 0.0724 e. The summed E-state index contributed by atoms with van der Waals surface area (Å²) >= 11 is 0. The average Bonchev–Trinajstić information content (AvgIpc) is 2.20. The van der Waals surface area contributed by atoms with E-state index in [1.165, 1.54) is 0 Å². The lowest BCUT2D eigenvalue weighted by Crippen LogP contribution is -1.95. The van der Waals surface area contributed by atoms with Crippen molar-refractivity contribution in [2.45, 2.75) is 6.92 Å². The number of nitrogens with zero attached hydrogens (tertiary/aromatic N) is 1. The van der Waals surface area contributed by atoms with Crippen molar-refractivity contribution in [2.24, 2.45) is 0 Å². The summed E-state index contributed by atoms with van der Waals surface area (Å²) < 4.78 is 0. The lowest BCUT2D eigenvalue weighted by molar-refractivity contribution is -0.267. The van der Waals surface area contributed by atoms with E-state index in [-0.39, 0.29) is 5.75 Å². The molecule has 0 N–H and O–H groups in total. The van der Waals surface area contributed by atoms with Crippen molar-refractivity contribution in [1.82, 2.24) is 4.98 Å². The van der Waals surface area contributed by atoms with Crippen molar-refractivity contribution in [3.05, 3.63) is 48.2 Å². The van der Waals surface area contributed by atoms with Crippen LogP contribution in [0.2, 0.25) is 0 Å². The number of aryl methyl sites for hydroxylation is 1. The number of rotatable bonds is 1. The first kappa shape index (κ1) is 8.75. The summed E-state index contributed by atoms with van der Waals surface area (Å²) in [6.45, 7) is 1.95. The van der Waals surface area contributed by atoms with E-state index < -0.39 is 0 Å². The van der Waals surface area contributed by atoms with Gasteiger partial charge in [-0.05, 0) is 24.1 Å². The quantitative estimate of drug-likeness (QED) is 0.680. The molecule has 0 saturated heterocycles. The highest BCUT2D eigenvalue weighted by Gasteiger charge is 2.01. The Morgan fingerprint density at radius 2 is 1.86 bits per heavy atom. The standard InChI is InChI=1S/C12H11NO/c1-9-5-4-8-13-12(9)10-6-2-3-7-11(10)14/h2-8,14H,1H3/p-1. The normalized spacial score (nSPS) is 10.1. The van der Waals surface area contributed by atoms with Crippen LogP contribution in [0.15, 0.2) is 42.6 Å². The maximum absolute atomic E-state index is 11.5. The monoisotopic (exact) mass is 184 g/mol. The van der Waals surface area contributed by atoms with Crippen LogP contribution in [-0.4, -0.2) is 4.98 Å². The number of pyridine rings is 1. The first-order valence-electron chi connectivity index (χ1n) is 4.47. The second-order valence-corrected chi connectivity index (χ2v) is 3.17. The van der Waals surface area contributed by atoms with Crippen molar-refractivity contribution >= 4 is 0 Å². The molecule has 70 valence electrons. The smallest absolute Gasteiger partial charge is 0.0724 e. The summed E-state index contributed by atoms with van der Waals surface area (Å²) in [4.78, 5) is 4.21. The molecule has 0 spiro atoms. The Balaban J connectivity index is 2.61. The Kier molecular flexibility index (Phi) is 2.19. The number of para-hydroxylation sites is 1. The molecular formula is C12H10NO-. The van der Waals surface area contributed by atoms with Crippen molar-refractivity contribution in [1.29, 1.82) is 0 Å². The number of aromatic nitrogens is 1. The molecule has 0 radical (unpaired) electrons. The van der Waals surface area contributed by atoms with Crippen molar-refractivity contribution in [3.63, 3.8) is 0 Å². The minimum absolute atomic E-state index is 0.0225. The SMILES string of the molecule is Cc1cccnc1-c1ccccc1[O-]. The van der Waals surface area contributed by atoms with Gasteiger partial charge in [0.1, 0.15) is 0 Å². The summed E-state index contributed by atoms with van der Waals surface area (Å²) in [5.74, 6) is 0.0225. The molecule has 0 aliphatic heterocycles. The minimum atomic E-state index is 0.0225. The molecule has 14 heavy (non-hydrogen) atoms. The molecule has 2 aromatic rings. The third-order valence-electron chi connectivity index (χ3n) is 2.15. The topological polar surface area (TPSA) is 36.0 Å². The van der Waals surface area contributed by atoms with Gasteiger partial charge in [0.25, 0.3) is 0 Å². The molecule has 1 aromatic carbocycles. The van der Waals surface area contributed by atoms with Crippen molar-refractivity contribution in [2.75, 3.05) is 0 Å². The van der Waals surface area contributed by atoms with Crippen LogP contribution >= 0.6 is 0 Å². The minimum Gasteiger partial charge on any atom is -0.872 e. The van der Waals surface area contributed by atoms with Gasteiger partial charge < -0.3 is 5.11 Å². The van der Waals surface area contributed by atoms with Crippen LogP contribution in [0.4, 0.5) is 0 Å². The van der Waals surface area contributed by atoms with E-state index in [9.17, 15) is 5.11 Å². The Morgan fingerprint density at radius 1 is 1.07 bits per heavy atom. The number of hydrogen-bond donors (Lipinski definition) is 0. The third-order valence-corrected chi connectivity index (χ3v) is 2.15. The van der Waals surface area contributed by atoms with E-state index in [4.69, 9.17) is 0 Å². The van der Waals surface area contributed by atoms with Gasteiger partial charge in [0.2, 0.25) is 0 Å². The zero-order chi connectivity index (χ0) is 9.97. The van der Waals surface area contributed by atoms with Gasteiger partial charge in [-0.15, -0.1) is 0 Å². The van der Waals surface area contributed by atoms with E-state index in [2.05, 4.69) is 4.98 Å². The van der Waals surface area contributed by atoms with Gasteiger partial charge in [0.15, 0.2) is 0 Å². The lowest BCUT2D eigenvalue weighted by Gasteiger charge is -2.13. The summed E-state index contributed by atoms with van der Waals surface area (Å²) in [6, 6.07) is 10.8. The lowest BCUT2D eigenvalue weighted by atomic mass is 10.1. The third kappa shape index (κ3) is 1.46. The molecule has 2 nitrogen and oxygen atoms in total. The molecule has 0 unspecified atom stereocenters. The molecule has 1 heterocycles. The highest BCUT2D eigenvalue weighted by molar-refractivity contribution is 5.68. The zero-order valence-electron chi connectivity index (χ0n) is 7.90. The average molecular weight is 184 g/mol. The molecule has 2 rings (SSSR count). The molecule has 0 amide bonds. The van der Waals surface area contributed by atoms with Gasteiger partial charge in [-0.3, -0.25) is 4.98 Å². The Morgan fingerprint density at radius 3 is 2.57 bits per heavy atom. The van der Waals surface area contributed by atoms with Gasteiger partial charge >= 0.3 is 0 Å². The highest BCUT2D eigenvalue weighted by atomic mass is 16.3. The van der Waals surface area contributed by atoms with E-state index in [0.717, 1.165) is 11.3 Å². The van der Waals surface area contributed by atoms with Crippen molar-refractivity contribution in [3.8, 4) is 17.0 Å². The predicted molar refractivity (Wildman–Crippen MR) is 53.9 cm³/mol. The molecular weight excluding hydrogens is 174 g/mol. The van der Waals surface area contributed by atoms with Crippen LogP contribution in [0.25, 0.3) is 11.3 Å². The van der Waals surface area contributed by atoms with Gasteiger partial charge in [-0.2, -0.15) is 0 Å². The highest BCUT2D eigenvalue weighted by Crippen LogP contribution is 2.26. The fourth-order valence-corrected chi connectivity index (χ4v) is 1.43. The van der Waals surface area contributed by atoms with Gasteiger partial charge in [0.05, 0.1) is 5.69 Å². The summed E-state index contributed by atoms with van der Waals surface area (Å²) in [5, 5.41) is 11.5. The van der Waals surface area contributed by atoms with E-state index in [1.54, 1.807) is 24.4 Å². The fourth-order valence-electron chi connectivity index (χ4n) is 1.43. The first-order chi connectivity index (χ1) is 6.79. The Hall–Kier alpha value is -1.83. The molecule has 0 bridgehead atoms. The van der Waals surface area contributed by atoms with E-state index in [0.29, 0.717) is 5.56 Å². The Bertz CT molecular complexity index is 408. The largest absolute Gasteiger partial charge is 0.872 e. The van der Waals surface area contributed by atoms with Gasteiger partial charge in [-0.1, -0.05) is 36.1 Å². The van der Waals surface area contributed by atoms with E-state index >= 15 is 0 Å². The second-order valence-electron chi connectivity index (χ2n) is 3.17. The molecule has 0 aliphatic carbocycles. The predicted octanol–water partition coefficient (Wildman–Crippen LogP) is 2.13. The van der Waals surface area contributed by atoms with Crippen LogP contribution in [0.5, 0.6) is 5.75 Å². The van der Waals surface area contributed by atoms with Gasteiger partial charge in [0, 0.05) is 6.20 Å². The summed E-state index contributed by atoms with van der Waals surface area (Å²) in [7, 11) is 0. The van der Waals surface area contributed by atoms with Crippen LogP contribution in [0, 0.1) is 6.92 Å². The Labute approximate surface area is 82.9 Å². The summed E-state index contributed by atoms with van der Waals surface area (Å²) in [5.41, 5.74) is 2.47. The first-order valence-corrected chi connectivity index (χ1v) is 4.47.